The molecule has 0 amide bonds. The predicted octanol–water partition coefficient (Wildman–Crippen LogP) is 3.84. The molecule has 2 aromatic heterocycles. The van der Waals surface area contributed by atoms with E-state index in [2.05, 4.69) is 41.7 Å². The van der Waals surface area contributed by atoms with Gasteiger partial charge in [-0.3, -0.25) is 0 Å². The van der Waals surface area contributed by atoms with Crippen LogP contribution >= 0.6 is 11.3 Å². The number of hydrogen-bond acceptors (Lipinski definition) is 4. The molecule has 2 rings (SSSR count). The van der Waals surface area contributed by atoms with E-state index in [4.69, 9.17) is 4.42 Å². The Bertz CT molecular complexity index is 468. The summed E-state index contributed by atoms with van der Waals surface area (Å²) in [5.74, 6) is 2.22. The lowest BCUT2D eigenvalue weighted by Crippen LogP contribution is -2.24. The van der Waals surface area contributed by atoms with Crippen LogP contribution < -0.4 is 5.32 Å². The van der Waals surface area contributed by atoms with E-state index < -0.39 is 0 Å². The van der Waals surface area contributed by atoms with Crippen LogP contribution in [0.4, 0.5) is 0 Å². The smallest absolute Gasteiger partial charge is 0.208 e. The van der Waals surface area contributed by atoms with Gasteiger partial charge in [-0.15, -0.1) is 11.3 Å². The van der Waals surface area contributed by atoms with E-state index in [9.17, 15) is 0 Å². The van der Waals surface area contributed by atoms with Crippen molar-refractivity contribution in [2.75, 3.05) is 0 Å². The molecule has 98 valence electrons. The number of aromatic nitrogens is 1. The molecule has 2 aromatic rings. The van der Waals surface area contributed by atoms with Crippen LogP contribution in [0.15, 0.2) is 21.9 Å². The van der Waals surface area contributed by atoms with Crippen molar-refractivity contribution < 1.29 is 4.42 Å². The molecule has 0 saturated heterocycles. The third-order valence-corrected chi connectivity index (χ3v) is 4.02. The Hall–Kier alpha value is -1.13. The lowest BCUT2D eigenvalue weighted by atomic mass is 10.0. The zero-order chi connectivity index (χ0) is 13.1. The largest absolute Gasteiger partial charge is 0.444 e. The summed E-state index contributed by atoms with van der Waals surface area (Å²) in [5, 5.41) is 5.65. The molecule has 1 N–H and O–H groups in total. The second-order valence-electron chi connectivity index (χ2n) is 4.87. The van der Waals surface area contributed by atoms with Gasteiger partial charge in [-0.25, -0.2) is 4.98 Å². The molecule has 0 aliphatic rings. The summed E-state index contributed by atoms with van der Waals surface area (Å²) in [7, 11) is 0. The van der Waals surface area contributed by atoms with Crippen LogP contribution in [0.25, 0.3) is 0 Å². The third-order valence-electron chi connectivity index (χ3n) is 3.06. The average Bonchev–Trinajstić information content (AvgIpc) is 2.90. The highest BCUT2D eigenvalue weighted by atomic mass is 32.1. The Morgan fingerprint density at radius 2 is 2.17 bits per heavy atom. The van der Waals surface area contributed by atoms with Crippen molar-refractivity contribution in [2.45, 2.75) is 40.3 Å². The van der Waals surface area contributed by atoms with Crippen molar-refractivity contribution in [3.05, 3.63) is 39.7 Å². The van der Waals surface area contributed by atoms with Gasteiger partial charge in [0.25, 0.3) is 0 Å². The van der Waals surface area contributed by atoms with E-state index in [1.165, 1.54) is 4.88 Å². The van der Waals surface area contributed by atoms with Crippen LogP contribution in [-0.4, -0.2) is 4.98 Å². The standard InChI is InChI=1S/C14H20N2OS/c1-9(2)14(12-6-5-7-18-12)15-8-13-16-10(3)11(4)17-13/h5-7,9,14-15H,8H2,1-4H3. The monoisotopic (exact) mass is 264 g/mol. The van der Waals surface area contributed by atoms with Crippen LogP contribution in [0.3, 0.4) is 0 Å². The van der Waals surface area contributed by atoms with Gasteiger partial charge >= 0.3 is 0 Å². The minimum Gasteiger partial charge on any atom is -0.444 e. The van der Waals surface area contributed by atoms with Crippen molar-refractivity contribution in [2.24, 2.45) is 5.92 Å². The summed E-state index contributed by atoms with van der Waals surface area (Å²) in [6.45, 7) is 9.05. The second-order valence-corrected chi connectivity index (χ2v) is 5.85. The minimum atomic E-state index is 0.359. The molecular formula is C14H20N2OS. The fourth-order valence-corrected chi connectivity index (χ4v) is 2.92. The van der Waals surface area contributed by atoms with Gasteiger partial charge in [-0.05, 0) is 31.2 Å². The summed E-state index contributed by atoms with van der Waals surface area (Å²) < 4.78 is 5.59. The molecule has 0 fully saturated rings. The molecule has 18 heavy (non-hydrogen) atoms. The molecule has 2 heterocycles. The molecule has 1 atom stereocenters. The van der Waals surface area contributed by atoms with Crippen molar-refractivity contribution >= 4 is 11.3 Å². The van der Waals surface area contributed by atoms with Gasteiger partial charge in [0.2, 0.25) is 5.89 Å². The van der Waals surface area contributed by atoms with Gasteiger partial charge in [0.15, 0.2) is 0 Å². The van der Waals surface area contributed by atoms with Crippen molar-refractivity contribution in [1.29, 1.82) is 0 Å². The summed E-state index contributed by atoms with van der Waals surface area (Å²) in [6.07, 6.45) is 0. The molecule has 0 saturated carbocycles. The van der Waals surface area contributed by atoms with Crippen molar-refractivity contribution in [3.63, 3.8) is 0 Å². The van der Waals surface area contributed by atoms with Gasteiger partial charge in [0.05, 0.1) is 12.2 Å². The van der Waals surface area contributed by atoms with Crippen LogP contribution in [0.2, 0.25) is 0 Å². The van der Waals surface area contributed by atoms with E-state index in [1.54, 1.807) is 11.3 Å². The lowest BCUT2D eigenvalue weighted by Gasteiger charge is -2.20. The SMILES string of the molecule is Cc1nc(CNC(c2cccs2)C(C)C)oc1C. The fourth-order valence-electron chi connectivity index (χ4n) is 1.95. The van der Waals surface area contributed by atoms with Gasteiger partial charge in [0, 0.05) is 10.9 Å². The Labute approximate surface area is 112 Å². The summed E-state index contributed by atoms with van der Waals surface area (Å²) in [4.78, 5) is 5.76. The van der Waals surface area contributed by atoms with E-state index in [1.807, 2.05) is 13.8 Å². The van der Waals surface area contributed by atoms with Crippen molar-refractivity contribution in [1.82, 2.24) is 10.3 Å². The topological polar surface area (TPSA) is 38.1 Å². The molecule has 0 radical (unpaired) electrons. The zero-order valence-corrected chi connectivity index (χ0v) is 12.2. The summed E-state index contributed by atoms with van der Waals surface area (Å²) >= 11 is 1.79. The molecule has 1 unspecified atom stereocenters. The molecule has 3 nitrogen and oxygen atoms in total. The maximum atomic E-state index is 5.59. The third kappa shape index (κ3) is 3.00. The van der Waals surface area contributed by atoms with E-state index in [-0.39, 0.29) is 0 Å². The maximum Gasteiger partial charge on any atom is 0.208 e. The highest BCUT2D eigenvalue weighted by Crippen LogP contribution is 2.26. The normalized spacial score (nSPS) is 13.2. The molecule has 4 heteroatoms. The Balaban J connectivity index is 2.02. The van der Waals surface area contributed by atoms with E-state index >= 15 is 0 Å². The number of nitrogens with zero attached hydrogens (tertiary/aromatic N) is 1. The Kier molecular flexibility index (Phi) is 4.19. The van der Waals surface area contributed by atoms with Crippen LogP contribution in [0, 0.1) is 19.8 Å². The fraction of sp³-hybridized carbons (Fsp3) is 0.500. The van der Waals surface area contributed by atoms with Gasteiger partial charge in [-0.1, -0.05) is 19.9 Å². The van der Waals surface area contributed by atoms with E-state index in [0.29, 0.717) is 18.5 Å². The number of oxazole rings is 1. The van der Waals surface area contributed by atoms with Gasteiger partial charge in [-0.2, -0.15) is 0 Å². The quantitative estimate of drug-likeness (QED) is 0.891. The summed E-state index contributed by atoms with van der Waals surface area (Å²) in [5.41, 5.74) is 0.976. The second kappa shape index (κ2) is 5.67. The van der Waals surface area contributed by atoms with Gasteiger partial charge in [0.1, 0.15) is 5.76 Å². The Morgan fingerprint density at radius 1 is 1.39 bits per heavy atom. The van der Waals surface area contributed by atoms with E-state index in [0.717, 1.165) is 17.3 Å². The first-order valence-corrected chi connectivity index (χ1v) is 7.15. The number of hydrogen-bond donors (Lipinski definition) is 1. The minimum absolute atomic E-state index is 0.359. The lowest BCUT2D eigenvalue weighted by molar-refractivity contribution is 0.377. The first kappa shape index (κ1) is 13.3. The molecule has 0 aliphatic carbocycles. The predicted molar refractivity (Wildman–Crippen MR) is 74.7 cm³/mol. The van der Waals surface area contributed by atoms with Crippen LogP contribution in [0.1, 0.15) is 42.1 Å². The maximum absolute atomic E-state index is 5.59. The molecule has 0 spiro atoms. The summed E-state index contributed by atoms with van der Waals surface area (Å²) in [6, 6.07) is 4.63. The molecule has 0 aliphatic heterocycles. The number of rotatable bonds is 5. The number of aryl methyl sites for hydroxylation is 2. The first-order valence-electron chi connectivity index (χ1n) is 6.27. The first-order chi connectivity index (χ1) is 8.58. The number of nitrogens with one attached hydrogen (secondary N) is 1. The zero-order valence-electron chi connectivity index (χ0n) is 11.4. The molecule has 0 aromatic carbocycles. The highest BCUT2D eigenvalue weighted by Gasteiger charge is 2.17. The molecule has 0 bridgehead atoms. The Morgan fingerprint density at radius 3 is 2.67 bits per heavy atom. The number of thiophene rings is 1. The van der Waals surface area contributed by atoms with Crippen LogP contribution in [-0.2, 0) is 6.54 Å². The van der Waals surface area contributed by atoms with Gasteiger partial charge < -0.3 is 9.73 Å². The van der Waals surface area contributed by atoms with Crippen molar-refractivity contribution in [3.8, 4) is 0 Å². The van der Waals surface area contributed by atoms with Crippen LogP contribution in [0.5, 0.6) is 0 Å². The highest BCUT2D eigenvalue weighted by molar-refractivity contribution is 7.10. The molecular weight excluding hydrogens is 244 g/mol. The average molecular weight is 264 g/mol.